The number of hydrogen-bond donors (Lipinski definition) is 0. The van der Waals surface area contributed by atoms with Gasteiger partial charge in [0.15, 0.2) is 0 Å². The molecule has 0 saturated carbocycles. The Morgan fingerprint density at radius 1 is 1.06 bits per heavy atom. The Kier molecular flexibility index (Phi) is 9.26. The summed E-state index contributed by atoms with van der Waals surface area (Å²) in [5.41, 5.74) is -0.896. The monoisotopic (exact) mass is 621 g/mol. The first-order valence-corrected chi connectivity index (χ1v) is 12.4. The summed E-state index contributed by atoms with van der Waals surface area (Å²) in [7, 11) is 3.24. The highest BCUT2D eigenvalue weighted by Crippen LogP contribution is 2.23. The average molecular weight is 622 g/mol. The van der Waals surface area contributed by atoms with Crippen molar-refractivity contribution in [1.29, 1.82) is 0 Å². The smallest absolute Gasteiger partial charge is 0.437 e. The van der Waals surface area contributed by atoms with Gasteiger partial charge in [-0.2, -0.15) is 0 Å². The third-order valence-electron chi connectivity index (χ3n) is 4.47. The molecule has 1 aromatic carbocycles. The number of amides is 4. The van der Waals surface area contributed by atoms with Crippen molar-refractivity contribution in [2.75, 3.05) is 27.4 Å². The van der Waals surface area contributed by atoms with Crippen molar-refractivity contribution in [3.63, 3.8) is 0 Å². The van der Waals surface area contributed by atoms with E-state index in [9.17, 15) is 14.4 Å². The van der Waals surface area contributed by atoms with Crippen molar-refractivity contribution in [2.24, 2.45) is 4.99 Å². The maximum Gasteiger partial charge on any atom is 0.437 e. The minimum Gasteiger partial charge on any atom is -0.443 e. The predicted molar refractivity (Wildman–Crippen MR) is 142 cm³/mol. The fourth-order valence-electron chi connectivity index (χ4n) is 3.12. The van der Waals surface area contributed by atoms with E-state index in [-0.39, 0.29) is 31.9 Å². The molecule has 2 rings (SSSR count). The molecular weight excluding hydrogens is 589 g/mol. The maximum absolute atomic E-state index is 13.4. The molecule has 4 amide bonds. The molecule has 35 heavy (non-hydrogen) atoms. The van der Waals surface area contributed by atoms with Gasteiger partial charge in [0, 0.05) is 17.7 Å². The number of urea groups is 1. The van der Waals surface area contributed by atoms with E-state index in [1.165, 1.54) is 14.7 Å². The van der Waals surface area contributed by atoms with Crippen LogP contribution in [-0.4, -0.2) is 82.4 Å². The van der Waals surface area contributed by atoms with Gasteiger partial charge in [-0.3, -0.25) is 0 Å². The molecule has 0 aliphatic carbocycles. The van der Waals surface area contributed by atoms with Crippen LogP contribution in [0.2, 0.25) is 5.02 Å². The highest BCUT2D eigenvalue weighted by molar-refractivity contribution is 14.1. The summed E-state index contributed by atoms with van der Waals surface area (Å²) < 4.78 is 11.9. The van der Waals surface area contributed by atoms with E-state index >= 15 is 0 Å². The summed E-state index contributed by atoms with van der Waals surface area (Å²) in [6.07, 6.45) is -1.58. The lowest BCUT2D eigenvalue weighted by atomic mass is 10.2. The standard InChI is InChI=1S/C23H33ClIN5O5/c1-22(2,3)34-19(31)26-18(29-13-27(7)20(32)28(8)14-29)30(21(33)35-23(4,5)6)12-15-9-10-17(25)16(24)11-15/h9-11H,12-14H2,1-8H3. The number of rotatable bonds is 2. The van der Waals surface area contributed by atoms with Crippen molar-refractivity contribution in [3.05, 3.63) is 32.4 Å². The Morgan fingerprint density at radius 3 is 2.09 bits per heavy atom. The molecule has 194 valence electrons. The van der Waals surface area contributed by atoms with Gasteiger partial charge in [-0.05, 0) is 81.8 Å². The first kappa shape index (κ1) is 29.0. The first-order valence-electron chi connectivity index (χ1n) is 10.9. The summed E-state index contributed by atoms with van der Waals surface area (Å²) in [4.78, 5) is 48.5. The van der Waals surface area contributed by atoms with E-state index in [0.717, 1.165) is 3.57 Å². The molecule has 0 bridgehead atoms. The van der Waals surface area contributed by atoms with Crippen LogP contribution in [0.25, 0.3) is 0 Å². The van der Waals surface area contributed by atoms with Gasteiger partial charge in [0.1, 0.15) is 11.2 Å². The van der Waals surface area contributed by atoms with Gasteiger partial charge in [0.2, 0.25) is 5.96 Å². The van der Waals surface area contributed by atoms with Crippen LogP contribution in [0.1, 0.15) is 47.1 Å². The second-order valence-corrected chi connectivity index (χ2v) is 11.8. The summed E-state index contributed by atoms with van der Waals surface area (Å²) in [6.45, 7) is 10.6. The molecule has 0 radical (unpaired) electrons. The number of hydrogen-bond acceptors (Lipinski definition) is 5. The molecule has 0 spiro atoms. The number of nitrogens with zero attached hydrogens (tertiary/aromatic N) is 5. The van der Waals surface area contributed by atoms with Crippen LogP contribution in [0.3, 0.4) is 0 Å². The lowest BCUT2D eigenvalue weighted by Crippen LogP contribution is -2.60. The van der Waals surface area contributed by atoms with Crippen LogP contribution in [0.15, 0.2) is 23.2 Å². The number of ether oxygens (including phenoxy) is 2. The van der Waals surface area contributed by atoms with E-state index in [1.54, 1.807) is 66.6 Å². The van der Waals surface area contributed by atoms with Gasteiger partial charge in [-0.25, -0.2) is 19.3 Å². The van der Waals surface area contributed by atoms with Crippen LogP contribution in [0, 0.1) is 3.57 Å². The molecule has 1 heterocycles. The zero-order chi connectivity index (χ0) is 26.7. The number of carbonyl (C=O) groups is 3. The molecule has 1 fully saturated rings. The zero-order valence-electron chi connectivity index (χ0n) is 21.4. The third-order valence-corrected chi connectivity index (χ3v) is 6.04. The summed E-state index contributed by atoms with van der Waals surface area (Å²) in [6, 6.07) is 5.20. The zero-order valence-corrected chi connectivity index (χ0v) is 24.3. The second kappa shape index (κ2) is 11.2. The van der Waals surface area contributed by atoms with Gasteiger partial charge in [0.05, 0.1) is 24.9 Å². The average Bonchev–Trinajstić information content (AvgIpc) is 2.68. The molecule has 1 aliphatic rings. The van der Waals surface area contributed by atoms with E-state index in [0.29, 0.717) is 10.6 Å². The molecule has 10 nitrogen and oxygen atoms in total. The lowest BCUT2D eigenvalue weighted by Gasteiger charge is -2.42. The molecule has 0 N–H and O–H groups in total. The van der Waals surface area contributed by atoms with Crippen LogP contribution in [0.5, 0.6) is 0 Å². The van der Waals surface area contributed by atoms with Crippen molar-refractivity contribution < 1.29 is 23.9 Å². The molecule has 1 aliphatic heterocycles. The highest BCUT2D eigenvalue weighted by atomic mass is 127. The largest absolute Gasteiger partial charge is 0.443 e. The Labute approximate surface area is 225 Å². The molecule has 1 aromatic rings. The Bertz CT molecular complexity index is 991. The van der Waals surface area contributed by atoms with Crippen molar-refractivity contribution in [2.45, 2.75) is 59.3 Å². The van der Waals surface area contributed by atoms with Crippen LogP contribution >= 0.6 is 34.2 Å². The number of benzene rings is 1. The summed E-state index contributed by atoms with van der Waals surface area (Å²) >= 11 is 8.43. The fraction of sp³-hybridized carbons (Fsp3) is 0.565. The minimum absolute atomic E-state index is 0.00521. The molecule has 1 saturated heterocycles. The molecule has 12 heteroatoms. The predicted octanol–water partition coefficient (Wildman–Crippen LogP) is 5.19. The van der Waals surface area contributed by atoms with Crippen LogP contribution in [0.4, 0.5) is 14.4 Å². The van der Waals surface area contributed by atoms with Gasteiger partial charge in [-0.15, -0.1) is 4.99 Å². The van der Waals surface area contributed by atoms with Crippen molar-refractivity contribution >= 4 is 58.4 Å². The maximum atomic E-state index is 13.4. The van der Waals surface area contributed by atoms with Gasteiger partial charge >= 0.3 is 18.2 Å². The number of carbonyl (C=O) groups excluding carboxylic acids is 3. The van der Waals surface area contributed by atoms with Crippen molar-refractivity contribution in [3.8, 4) is 0 Å². The Morgan fingerprint density at radius 2 is 1.60 bits per heavy atom. The van der Waals surface area contributed by atoms with Gasteiger partial charge < -0.3 is 24.2 Å². The summed E-state index contributed by atoms with van der Waals surface area (Å²) in [5, 5.41) is 0.529. The first-order chi connectivity index (χ1) is 16.0. The number of aliphatic imine (C=N–C) groups is 1. The quantitative estimate of drug-likeness (QED) is 0.256. The Balaban J connectivity index is 2.59. The van der Waals surface area contributed by atoms with E-state index < -0.39 is 23.4 Å². The molecule has 0 aromatic heterocycles. The highest BCUT2D eigenvalue weighted by Gasteiger charge is 2.35. The lowest BCUT2D eigenvalue weighted by molar-refractivity contribution is 0.0300. The normalized spacial score (nSPS) is 15.3. The van der Waals surface area contributed by atoms with E-state index in [1.807, 2.05) is 12.1 Å². The molecular formula is C23H33ClIN5O5. The van der Waals surface area contributed by atoms with Gasteiger partial charge in [0.25, 0.3) is 0 Å². The third kappa shape index (κ3) is 8.71. The number of halogens is 2. The topological polar surface area (TPSA) is 95.0 Å². The minimum atomic E-state index is -0.871. The fourth-order valence-corrected chi connectivity index (χ4v) is 3.66. The molecule has 0 atom stereocenters. The summed E-state index contributed by atoms with van der Waals surface area (Å²) in [5.74, 6) is -0.00521. The number of guanidine groups is 1. The van der Waals surface area contributed by atoms with Crippen LogP contribution in [-0.2, 0) is 16.0 Å². The van der Waals surface area contributed by atoms with Gasteiger partial charge in [-0.1, -0.05) is 17.7 Å². The van der Waals surface area contributed by atoms with E-state index in [4.69, 9.17) is 21.1 Å². The Hall–Kier alpha value is -2.28. The second-order valence-electron chi connectivity index (χ2n) is 10.2. The van der Waals surface area contributed by atoms with Crippen molar-refractivity contribution in [1.82, 2.24) is 19.6 Å². The van der Waals surface area contributed by atoms with E-state index in [2.05, 4.69) is 27.6 Å². The SMILES string of the molecule is CN1CN(C(=NC(=O)OC(C)(C)C)N(Cc2ccc(I)c(Cl)c2)C(=O)OC(C)(C)C)CN(C)C1=O. The van der Waals surface area contributed by atoms with Crippen LogP contribution < -0.4 is 0 Å². The molecule has 0 unspecified atom stereocenters.